The van der Waals surface area contributed by atoms with E-state index >= 15 is 0 Å². The molecule has 2 aromatic rings. The van der Waals surface area contributed by atoms with Crippen molar-refractivity contribution in [2.75, 3.05) is 13.2 Å². The van der Waals surface area contributed by atoms with Crippen LogP contribution in [0.3, 0.4) is 0 Å². The van der Waals surface area contributed by atoms with Crippen LogP contribution >= 0.6 is 0 Å². The molecule has 0 saturated heterocycles. The molecule has 0 spiro atoms. The molecule has 1 N–H and O–H groups in total. The maximum absolute atomic E-state index is 10.5. The Bertz CT molecular complexity index is 612. The number of aromatic nitrogens is 1. The van der Waals surface area contributed by atoms with Crippen LogP contribution in [0.1, 0.15) is 29.8 Å². The Labute approximate surface area is 118 Å². The number of rotatable bonds is 3. The highest BCUT2D eigenvalue weighted by Gasteiger charge is 2.19. The fraction of sp³-hybridized carbons (Fsp3) is 0.312. The second-order valence-electron chi connectivity index (χ2n) is 4.71. The van der Waals surface area contributed by atoms with Crippen molar-refractivity contribution in [1.82, 2.24) is 4.98 Å². The number of aliphatic hydroxyl groups excluding tert-OH is 1. The molecule has 20 heavy (non-hydrogen) atoms. The Balaban J connectivity index is 1.96. The topological polar surface area (TPSA) is 51.6 Å². The first kappa shape index (κ1) is 12.9. The van der Waals surface area contributed by atoms with Crippen LogP contribution in [0, 0.1) is 0 Å². The van der Waals surface area contributed by atoms with E-state index in [0.29, 0.717) is 24.7 Å². The minimum absolute atomic E-state index is 0.538. The Kier molecular flexibility index (Phi) is 3.56. The predicted molar refractivity (Wildman–Crippen MR) is 75.1 cm³/mol. The van der Waals surface area contributed by atoms with Crippen LogP contribution in [0.4, 0.5) is 0 Å². The number of ether oxygens (including phenoxy) is 2. The summed E-state index contributed by atoms with van der Waals surface area (Å²) < 4.78 is 11.0. The van der Waals surface area contributed by atoms with Gasteiger partial charge >= 0.3 is 0 Å². The van der Waals surface area contributed by atoms with Gasteiger partial charge in [0, 0.05) is 6.20 Å². The molecule has 1 aliphatic rings. The Morgan fingerprint density at radius 2 is 2.00 bits per heavy atom. The molecule has 0 aliphatic carbocycles. The van der Waals surface area contributed by atoms with Crippen molar-refractivity contribution < 1.29 is 14.6 Å². The summed E-state index contributed by atoms with van der Waals surface area (Å²) in [4.78, 5) is 4.32. The molecule has 4 heteroatoms. The molecule has 0 saturated carbocycles. The molecule has 1 aromatic carbocycles. The lowest BCUT2D eigenvalue weighted by Crippen LogP contribution is -2.16. The van der Waals surface area contributed by atoms with E-state index in [0.717, 1.165) is 23.3 Å². The number of nitrogens with zero attached hydrogens (tertiary/aromatic N) is 1. The van der Waals surface area contributed by atoms with Gasteiger partial charge < -0.3 is 14.6 Å². The SMILES string of the molecule is CCc1cccnc1C(O)c1ccc2c(c1)OCCO2. The number of fused-ring (bicyclic) bond motifs is 1. The van der Waals surface area contributed by atoms with Crippen molar-refractivity contribution >= 4 is 0 Å². The predicted octanol–water partition coefficient (Wildman–Crippen LogP) is 2.50. The maximum atomic E-state index is 10.5. The van der Waals surface area contributed by atoms with Crippen molar-refractivity contribution in [2.45, 2.75) is 19.4 Å². The summed E-state index contributed by atoms with van der Waals surface area (Å²) in [5.74, 6) is 1.41. The lowest BCUT2D eigenvalue weighted by molar-refractivity contribution is 0.169. The number of aryl methyl sites for hydroxylation is 1. The normalized spacial score (nSPS) is 14.9. The molecule has 2 heterocycles. The minimum Gasteiger partial charge on any atom is -0.486 e. The van der Waals surface area contributed by atoms with E-state index in [2.05, 4.69) is 11.9 Å². The summed E-state index contributed by atoms with van der Waals surface area (Å²) in [6, 6.07) is 9.39. The van der Waals surface area contributed by atoms with Gasteiger partial charge in [0.1, 0.15) is 19.3 Å². The monoisotopic (exact) mass is 271 g/mol. The molecule has 1 aromatic heterocycles. The van der Waals surface area contributed by atoms with Crippen LogP contribution in [0.25, 0.3) is 0 Å². The Morgan fingerprint density at radius 3 is 2.80 bits per heavy atom. The number of pyridine rings is 1. The van der Waals surface area contributed by atoms with Gasteiger partial charge in [-0.1, -0.05) is 19.1 Å². The number of hydrogen-bond donors (Lipinski definition) is 1. The third-order valence-electron chi connectivity index (χ3n) is 3.45. The summed E-state index contributed by atoms with van der Waals surface area (Å²) in [5, 5.41) is 10.5. The molecule has 3 rings (SSSR count). The first-order valence-corrected chi connectivity index (χ1v) is 6.81. The zero-order valence-electron chi connectivity index (χ0n) is 11.4. The maximum Gasteiger partial charge on any atom is 0.161 e. The van der Waals surface area contributed by atoms with Crippen molar-refractivity contribution in [2.24, 2.45) is 0 Å². The number of aliphatic hydroxyl groups is 1. The standard InChI is InChI=1S/C16H17NO3/c1-2-11-4-3-7-17-15(11)16(18)12-5-6-13-14(10-12)20-9-8-19-13/h3-7,10,16,18H,2,8-9H2,1H3. The van der Waals surface area contributed by atoms with Crippen LogP contribution in [0.5, 0.6) is 11.5 Å². The van der Waals surface area contributed by atoms with Gasteiger partial charge in [0.15, 0.2) is 11.5 Å². The Morgan fingerprint density at radius 1 is 1.20 bits per heavy atom. The molecule has 1 unspecified atom stereocenters. The van der Waals surface area contributed by atoms with Gasteiger partial charge in [-0.05, 0) is 35.7 Å². The molecule has 1 aliphatic heterocycles. The van der Waals surface area contributed by atoms with Crippen LogP contribution in [-0.4, -0.2) is 23.3 Å². The first-order chi connectivity index (χ1) is 9.79. The molecule has 4 nitrogen and oxygen atoms in total. The van der Waals surface area contributed by atoms with Gasteiger partial charge in [0.25, 0.3) is 0 Å². The number of hydrogen-bond acceptors (Lipinski definition) is 4. The summed E-state index contributed by atoms with van der Waals surface area (Å²) >= 11 is 0. The number of benzene rings is 1. The average Bonchev–Trinajstić information content (AvgIpc) is 2.53. The minimum atomic E-state index is -0.748. The zero-order chi connectivity index (χ0) is 13.9. The molecule has 0 bridgehead atoms. The molecule has 1 atom stereocenters. The van der Waals surface area contributed by atoms with Crippen LogP contribution in [-0.2, 0) is 6.42 Å². The molecule has 0 amide bonds. The second kappa shape index (κ2) is 5.51. The average molecular weight is 271 g/mol. The van der Waals surface area contributed by atoms with Crippen LogP contribution in [0.2, 0.25) is 0 Å². The van der Waals surface area contributed by atoms with Gasteiger partial charge in [0.05, 0.1) is 5.69 Å². The van der Waals surface area contributed by atoms with Crippen molar-refractivity contribution in [3.05, 3.63) is 53.3 Å². The fourth-order valence-corrected chi connectivity index (χ4v) is 2.38. The first-order valence-electron chi connectivity index (χ1n) is 6.81. The van der Waals surface area contributed by atoms with Gasteiger partial charge in [0.2, 0.25) is 0 Å². The smallest absolute Gasteiger partial charge is 0.161 e. The molecule has 0 fully saturated rings. The molecular formula is C16H17NO3. The van der Waals surface area contributed by atoms with E-state index in [4.69, 9.17) is 9.47 Å². The van der Waals surface area contributed by atoms with Crippen molar-refractivity contribution in [3.8, 4) is 11.5 Å². The largest absolute Gasteiger partial charge is 0.486 e. The highest BCUT2D eigenvalue weighted by atomic mass is 16.6. The van der Waals surface area contributed by atoms with E-state index in [1.165, 1.54) is 0 Å². The lowest BCUT2D eigenvalue weighted by atomic mass is 10.0. The molecule has 0 radical (unpaired) electrons. The fourth-order valence-electron chi connectivity index (χ4n) is 2.38. The Hall–Kier alpha value is -2.07. The quantitative estimate of drug-likeness (QED) is 0.932. The van der Waals surface area contributed by atoms with E-state index in [-0.39, 0.29) is 0 Å². The summed E-state index contributed by atoms with van der Waals surface area (Å²) in [5.41, 5.74) is 2.52. The highest BCUT2D eigenvalue weighted by Crippen LogP contribution is 2.34. The third kappa shape index (κ3) is 2.34. The second-order valence-corrected chi connectivity index (χ2v) is 4.71. The summed E-state index contributed by atoms with van der Waals surface area (Å²) in [6.07, 6.45) is 1.79. The van der Waals surface area contributed by atoms with Gasteiger partial charge in [-0.2, -0.15) is 0 Å². The molecular weight excluding hydrogens is 254 g/mol. The molecule has 104 valence electrons. The van der Waals surface area contributed by atoms with Crippen molar-refractivity contribution in [3.63, 3.8) is 0 Å². The zero-order valence-corrected chi connectivity index (χ0v) is 11.4. The summed E-state index contributed by atoms with van der Waals surface area (Å²) in [6.45, 7) is 3.16. The van der Waals surface area contributed by atoms with Gasteiger partial charge in [-0.3, -0.25) is 4.98 Å². The summed E-state index contributed by atoms with van der Waals surface area (Å²) in [7, 11) is 0. The lowest BCUT2D eigenvalue weighted by Gasteiger charge is -2.20. The van der Waals surface area contributed by atoms with Crippen LogP contribution in [0.15, 0.2) is 36.5 Å². The third-order valence-corrected chi connectivity index (χ3v) is 3.45. The van der Waals surface area contributed by atoms with E-state index < -0.39 is 6.10 Å². The van der Waals surface area contributed by atoms with Crippen LogP contribution < -0.4 is 9.47 Å². The van der Waals surface area contributed by atoms with Crippen molar-refractivity contribution in [1.29, 1.82) is 0 Å². The van der Waals surface area contributed by atoms with E-state index in [9.17, 15) is 5.11 Å². The van der Waals surface area contributed by atoms with Gasteiger partial charge in [-0.25, -0.2) is 0 Å². The van der Waals surface area contributed by atoms with E-state index in [1.54, 1.807) is 6.20 Å². The highest BCUT2D eigenvalue weighted by molar-refractivity contribution is 5.46. The van der Waals surface area contributed by atoms with Gasteiger partial charge in [-0.15, -0.1) is 0 Å². The van der Waals surface area contributed by atoms with E-state index in [1.807, 2.05) is 30.3 Å².